The van der Waals surface area contributed by atoms with Gasteiger partial charge < -0.3 is 19.1 Å². The summed E-state index contributed by atoms with van der Waals surface area (Å²) in [6, 6.07) is 15.0. The summed E-state index contributed by atoms with van der Waals surface area (Å²) in [4.78, 5) is 21.7. The number of anilines is 1. The number of benzene rings is 2. The lowest BCUT2D eigenvalue weighted by atomic mass is 9.78. The predicted molar refractivity (Wildman–Crippen MR) is 171 cm³/mol. The molecule has 2 aliphatic carbocycles. The van der Waals surface area contributed by atoms with Crippen LogP contribution >= 0.6 is 11.3 Å². The van der Waals surface area contributed by atoms with Crippen LogP contribution in [0.15, 0.2) is 48.7 Å². The van der Waals surface area contributed by atoms with Gasteiger partial charge >= 0.3 is 0 Å². The molecule has 1 aromatic heterocycles. The van der Waals surface area contributed by atoms with Gasteiger partial charge in [-0.15, -0.1) is 0 Å². The molecule has 7 heteroatoms. The standard InChI is InChI=1S/C35H46N2O4S/c1-23(2)41-31-16-13-27(14-17-31)34(38)37(30-8-6-7-29(20-30)33-21-36-35(40-5)42-33)22-25-9-11-26(12-10-25)28-15-18-32(39-4)24(3)19-28/h6-8,15,18-21,23,25-27,31H,9-14,16-17,22H2,1-5H3. The molecular formula is C35H46N2O4S. The number of aromatic nitrogens is 1. The SMILES string of the molecule is COc1ncc(-c2cccc(N(CC3CCC(c4ccc(OC)c(C)c4)CC3)C(=O)C3CCC(OC(C)C)CC3)c2)s1. The summed E-state index contributed by atoms with van der Waals surface area (Å²) >= 11 is 1.53. The summed E-state index contributed by atoms with van der Waals surface area (Å²) in [5.41, 5.74) is 4.66. The Morgan fingerprint density at radius 1 is 0.976 bits per heavy atom. The lowest BCUT2D eigenvalue weighted by Crippen LogP contribution is -2.42. The highest BCUT2D eigenvalue weighted by atomic mass is 32.1. The lowest BCUT2D eigenvalue weighted by molar-refractivity contribution is -0.124. The van der Waals surface area contributed by atoms with E-state index in [1.165, 1.54) is 22.5 Å². The number of amides is 1. The molecule has 0 bridgehead atoms. The monoisotopic (exact) mass is 590 g/mol. The number of ether oxygens (including phenoxy) is 3. The minimum atomic E-state index is 0.0442. The predicted octanol–water partition coefficient (Wildman–Crippen LogP) is 8.43. The van der Waals surface area contributed by atoms with Gasteiger partial charge in [0.1, 0.15) is 5.75 Å². The highest BCUT2D eigenvalue weighted by Crippen LogP contribution is 2.39. The Kier molecular flexibility index (Phi) is 10.2. The zero-order chi connectivity index (χ0) is 29.6. The van der Waals surface area contributed by atoms with Crippen molar-refractivity contribution < 1.29 is 19.0 Å². The quantitative estimate of drug-likeness (QED) is 0.237. The van der Waals surface area contributed by atoms with Crippen molar-refractivity contribution in [2.75, 3.05) is 25.7 Å². The van der Waals surface area contributed by atoms with E-state index in [0.29, 0.717) is 17.0 Å². The van der Waals surface area contributed by atoms with E-state index < -0.39 is 0 Å². The van der Waals surface area contributed by atoms with Crippen LogP contribution in [0.2, 0.25) is 0 Å². The fraction of sp³-hybridized carbons (Fsp3) is 0.543. The van der Waals surface area contributed by atoms with Gasteiger partial charge in [0.2, 0.25) is 5.91 Å². The van der Waals surface area contributed by atoms with E-state index in [1.54, 1.807) is 14.2 Å². The van der Waals surface area contributed by atoms with E-state index in [-0.39, 0.29) is 24.0 Å². The van der Waals surface area contributed by atoms with Crippen molar-refractivity contribution in [2.45, 2.75) is 90.3 Å². The van der Waals surface area contributed by atoms with Crippen molar-refractivity contribution in [3.05, 3.63) is 59.8 Å². The zero-order valence-electron chi connectivity index (χ0n) is 25.8. The summed E-state index contributed by atoms with van der Waals surface area (Å²) in [6.07, 6.45) is 10.6. The first-order valence-electron chi connectivity index (χ1n) is 15.6. The molecule has 0 saturated heterocycles. The maximum atomic E-state index is 14.2. The first-order chi connectivity index (χ1) is 20.3. The van der Waals surface area contributed by atoms with E-state index in [0.717, 1.165) is 79.8 Å². The molecule has 0 spiro atoms. The number of hydrogen-bond donors (Lipinski definition) is 0. The van der Waals surface area contributed by atoms with Gasteiger partial charge in [0.15, 0.2) is 0 Å². The van der Waals surface area contributed by atoms with Gasteiger partial charge in [-0.25, -0.2) is 4.98 Å². The lowest BCUT2D eigenvalue weighted by Gasteiger charge is -2.36. The minimum absolute atomic E-state index is 0.0442. The first-order valence-corrected chi connectivity index (χ1v) is 16.4. The molecule has 1 heterocycles. The van der Waals surface area contributed by atoms with Crippen LogP contribution in [0.4, 0.5) is 5.69 Å². The molecule has 2 fully saturated rings. The zero-order valence-corrected chi connectivity index (χ0v) is 26.6. The summed E-state index contributed by atoms with van der Waals surface area (Å²) < 4.78 is 16.9. The topological polar surface area (TPSA) is 60.9 Å². The number of carbonyl (C=O) groups is 1. The van der Waals surface area contributed by atoms with Gasteiger partial charge in [-0.1, -0.05) is 35.6 Å². The minimum Gasteiger partial charge on any atom is -0.496 e. The first kappa shape index (κ1) is 30.6. The summed E-state index contributed by atoms with van der Waals surface area (Å²) in [5, 5.41) is 0.646. The number of aryl methyl sites for hydroxylation is 1. The average molecular weight is 591 g/mol. The van der Waals surface area contributed by atoms with Crippen LogP contribution in [0.25, 0.3) is 10.4 Å². The smallest absolute Gasteiger partial charge is 0.273 e. The third-order valence-electron chi connectivity index (χ3n) is 9.03. The molecular weight excluding hydrogens is 544 g/mol. The van der Waals surface area contributed by atoms with Crippen LogP contribution in [0, 0.1) is 18.8 Å². The Hall–Kier alpha value is -2.90. The van der Waals surface area contributed by atoms with Crippen LogP contribution < -0.4 is 14.4 Å². The fourth-order valence-corrected chi connectivity index (χ4v) is 7.51. The van der Waals surface area contributed by atoms with Crippen molar-refractivity contribution in [3.8, 4) is 21.4 Å². The van der Waals surface area contributed by atoms with Crippen molar-refractivity contribution in [2.24, 2.45) is 11.8 Å². The molecule has 2 aromatic carbocycles. The Labute approximate surface area is 255 Å². The van der Waals surface area contributed by atoms with Crippen molar-refractivity contribution in [1.82, 2.24) is 4.98 Å². The molecule has 2 saturated carbocycles. The van der Waals surface area contributed by atoms with Crippen LogP contribution in [0.1, 0.15) is 82.3 Å². The molecule has 0 radical (unpaired) electrons. The number of rotatable bonds is 10. The van der Waals surface area contributed by atoms with Gasteiger partial charge in [-0.05, 0) is 119 Å². The van der Waals surface area contributed by atoms with E-state index in [9.17, 15) is 4.79 Å². The van der Waals surface area contributed by atoms with Gasteiger partial charge in [-0.3, -0.25) is 4.79 Å². The second-order valence-electron chi connectivity index (χ2n) is 12.3. The Morgan fingerprint density at radius 3 is 2.38 bits per heavy atom. The summed E-state index contributed by atoms with van der Waals surface area (Å²) in [5.74, 6) is 2.31. The molecule has 226 valence electrons. The fourth-order valence-electron chi connectivity index (χ4n) is 6.78. The number of nitrogens with zero attached hydrogens (tertiary/aromatic N) is 2. The number of carbonyl (C=O) groups excluding carboxylic acids is 1. The van der Waals surface area contributed by atoms with Crippen LogP contribution in [0.3, 0.4) is 0 Å². The van der Waals surface area contributed by atoms with Crippen molar-refractivity contribution in [1.29, 1.82) is 0 Å². The van der Waals surface area contributed by atoms with Crippen LogP contribution in [-0.4, -0.2) is 43.9 Å². The van der Waals surface area contributed by atoms with E-state index in [1.807, 2.05) is 6.20 Å². The number of thiazole rings is 1. The van der Waals surface area contributed by atoms with Gasteiger partial charge in [0, 0.05) is 24.3 Å². The van der Waals surface area contributed by atoms with Crippen molar-refractivity contribution in [3.63, 3.8) is 0 Å². The summed E-state index contributed by atoms with van der Waals surface area (Å²) in [6.45, 7) is 7.08. The van der Waals surface area contributed by atoms with Crippen LogP contribution in [-0.2, 0) is 9.53 Å². The Morgan fingerprint density at radius 2 is 1.74 bits per heavy atom. The molecule has 0 aliphatic heterocycles. The molecule has 0 atom stereocenters. The number of hydrogen-bond acceptors (Lipinski definition) is 6. The molecule has 2 aliphatic rings. The van der Waals surface area contributed by atoms with E-state index in [4.69, 9.17) is 14.2 Å². The number of methoxy groups -OCH3 is 2. The molecule has 0 N–H and O–H groups in total. The molecule has 0 unspecified atom stereocenters. The highest BCUT2D eigenvalue weighted by molar-refractivity contribution is 7.16. The Balaban J connectivity index is 1.32. The molecule has 5 rings (SSSR count). The van der Waals surface area contributed by atoms with Gasteiger partial charge in [-0.2, -0.15) is 0 Å². The Bertz CT molecular complexity index is 1320. The largest absolute Gasteiger partial charge is 0.496 e. The molecule has 6 nitrogen and oxygen atoms in total. The second kappa shape index (κ2) is 14.0. The maximum Gasteiger partial charge on any atom is 0.273 e. The normalized spacial score (nSPS) is 22.6. The molecule has 3 aromatic rings. The van der Waals surface area contributed by atoms with E-state index in [2.05, 4.69) is 73.1 Å². The second-order valence-corrected chi connectivity index (χ2v) is 13.3. The van der Waals surface area contributed by atoms with Crippen molar-refractivity contribution >= 4 is 22.9 Å². The third-order valence-corrected chi connectivity index (χ3v) is 10.0. The molecule has 42 heavy (non-hydrogen) atoms. The maximum absolute atomic E-state index is 14.2. The highest BCUT2D eigenvalue weighted by Gasteiger charge is 2.33. The van der Waals surface area contributed by atoms with Gasteiger partial charge in [0.25, 0.3) is 5.19 Å². The summed E-state index contributed by atoms with van der Waals surface area (Å²) in [7, 11) is 3.38. The van der Waals surface area contributed by atoms with Gasteiger partial charge in [0.05, 0.1) is 31.3 Å². The third kappa shape index (κ3) is 7.35. The van der Waals surface area contributed by atoms with Crippen LogP contribution in [0.5, 0.6) is 10.9 Å². The van der Waals surface area contributed by atoms with E-state index >= 15 is 0 Å². The molecule has 1 amide bonds. The average Bonchev–Trinajstić information content (AvgIpc) is 3.50.